The fraction of sp³-hybridized carbons (Fsp3) is 0.520. The molecule has 0 radical (unpaired) electrons. The van der Waals surface area contributed by atoms with Crippen LogP contribution in [0.15, 0.2) is 48.5 Å². The highest BCUT2D eigenvalue weighted by Crippen LogP contribution is 2.30. The maximum atomic E-state index is 2.79. The Morgan fingerprint density at radius 2 is 0.645 bits per heavy atom. The molecule has 0 unspecified atom stereocenters. The molecule has 0 saturated carbocycles. The monoisotopic (exact) mass is 486 g/mol. The lowest BCUT2D eigenvalue weighted by Crippen LogP contribution is -2.59. The summed E-state index contributed by atoms with van der Waals surface area (Å²) in [6, 6.07) is 18.8. The van der Waals surface area contributed by atoms with Crippen LogP contribution in [0.2, 0.25) is 78.6 Å². The molecule has 2 rings (SSSR count). The molecule has 0 atom stereocenters. The van der Waals surface area contributed by atoms with Crippen molar-refractivity contribution in [3.05, 3.63) is 59.7 Å². The van der Waals surface area contributed by atoms with Gasteiger partial charge in [0, 0.05) is 11.4 Å². The van der Waals surface area contributed by atoms with Crippen LogP contribution < -0.4 is 8.46 Å². The lowest BCUT2D eigenvalue weighted by Gasteiger charge is -2.46. The third kappa shape index (κ3) is 6.94. The summed E-state index contributed by atoms with van der Waals surface area (Å²) in [6.45, 7) is 29.6. The molecule has 0 bridgehead atoms. The van der Waals surface area contributed by atoms with Crippen LogP contribution in [0, 0.1) is 0 Å². The minimum Gasteiger partial charge on any atom is -0.425 e. The summed E-state index contributed by atoms with van der Waals surface area (Å²) in [7, 11) is -5.62. The first kappa shape index (κ1) is 26.2. The van der Waals surface area contributed by atoms with E-state index in [0.717, 1.165) is 6.42 Å². The van der Waals surface area contributed by atoms with Crippen molar-refractivity contribution in [3.63, 3.8) is 0 Å². The summed E-state index contributed by atoms with van der Waals surface area (Å²) in [5.41, 5.74) is 5.63. The van der Waals surface area contributed by atoms with Gasteiger partial charge >= 0.3 is 0 Å². The van der Waals surface area contributed by atoms with Crippen molar-refractivity contribution in [2.45, 2.75) is 85.0 Å². The van der Waals surface area contributed by atoms with Crippen LogP contribution in [-0.4, -0.2) is 32.9 Å². The van der Waals surface area contributed by atoms with Crippen LogP contribution in [0.4, 0.5) is 11.4 Å². The molecule has 0 amide bonds. The predicted octanol–water partition coefficient (Wildman–Crippen LogP) is 8.23. The number of hydrogen-bond donors (Lipinski definition) is 0. The Hall–Kier alpha value is -1.09. The van der Waals surface area contributed by atoms with Gasteiger partial charge in [-0.05, 0) is 41.8 Å². The van der Waals surface area contributed by atoms with Gasteiger partial charge in [-0.1, -0.05) is 103 Å². The second kappa shape index (κ2) is 9.04. The second-order valence-electron chi connectivity index (χ2n) is 12.9. The summed E-state index contributed by atoms with van der Waals surface area (Å²) >= 11 is 0. The molecule has 2 nitrogen and oxygen atoms in total. The lowest BCUT2D eigenvalue weighted by atomic mass is 10.0. The molecule has 6 heteroatoms. The molecule has 0 aliphatic carbocycles. The minimum atomic E-state index is -1.41. The van der Waals surface area contributed by atoms with E-state index < -0.39 is 32.9 Å². The van der Waals surface area contributed by atoms with Gasteiger partial charge in [0.15, 0.2) is 0 Å². The highest BCUT2D eigenvalue weighted by Gasteiger charge is 2.35. The van der Waals surface area contributed by atoms with E-state index in [1.807, 2.05) is 0 Å². The minimum absolute atomic E-state index is 1.00. The van der Waals surface area contributed by atoms with Gasteiger partial charge in [-0.3, -0.25) is 0 Å². The van der Waals surface area contributed by atoms with E-state index in [1.54, 1.807) is 0 Å². The molecule has 0 aliphatic heterocycles. The maximum Gasteiger partial charge on any atom is 0.138 e. The zero-order valence-corrected chi connectivity index (χ0v) is 26.2. The maximum absolute atomic E-state index is 2.79. The first-order valence-electron chi connectivity index (χ1n) is 11.7. The van der Waals surface area contributed by atoms with Crippen LogP contribution in [0.3, 0.4) is 0 Å². The van der Waals surface area contributed by atoms with Crippen molar-refractivity contribution in [2.24, 2.45) is 0 Å². The topological polar surface area (TPSA) is 6.48 Å². The van der Waals surface area contributed by atoms with E-state index >= 15 is 0 Å². The van der Waals surface area contributed by atoms with Gasteiger partial charge in [-0.15, -0.1) is 0 Å². The number of nitrogens with zero attached hydrogens (tertiary/aromatic N) is 2. The third-order valence-electron chi connectivity index (χ3n) is 5.48. The van der Waals surface area contributed by atoms with Gasteiger partial charge in [0.2, 0.25) is 0 Å². The normalized spacial score (nSPS) is 13.3. The van der Waals surface area contributed by atoms with Gasteiger partial charge in [0.05, 0.1) is 0 Å². The van der Waals surface area contributed by atoms with E-state index in [4.69, 9.17) is 0 Å². The molecule has 0 aliphatic rings. The average molecular weight is 487 g/mol. The van der Waals surface area contributed by atoms with E-state index in [9.17, 15) is 0 Å². The lowest BCUT2D eigenvalue weighted by molar-refractivity contribution is 1.19. The first-order chi connectivity index (χ1) is 13.9. The quantitative estimate of drug-likeness (QED) is 0.347. The SMILES string of the molecule is C[Si](C)(C)N(c1ccc(Cc2ccc(N([Si](C)(C)C)[Si](C)(C)C)cc2)cc1)[Si](C)(C)C. The summed E-state index contributed by atoms with van der Waals surface area (Å²) in [4.78, 5) is 0. The molecule has 0 aromatic heterocycles. The van der Waals surface area contributed by atoms with Crippen LogP contribution in [0.25, 0.3) is 0 Å². The molecule has 0 N–H and O–H groups in total. The van der Waals surface area contributed by atoms with E-state index in [0.29, 0.717) is 0 Å². The Kier molecular flexibility index (Phi) is 7.63. The van der Waals surface area contributed by atoms with Crippen molar-refractivity contribution in [3.8, 4) is 0 Å². The van der Waals surface area contributed by atoms with Crippen molar-refractivity contribution < 1.29 is 0 Å². The first-order valence-corrected chi connectivity index (χ1v) is 25.5. The van der Waals surface area contributed by atoms with E-state index in [1.165, 1.54) is 22.5 Å². The largest absolute Gasteiger partial charge is 0.425 e. The molecule has 172 valence electrons. The van der Waals surface area contributed by atoms with Gasteiger partial charge in [0.1, 0.15) is 32.9 Å². The average Bonchev–Trinajstić information content (AvgIpc) is 2.53. The van der Waals surface area contributed by atoms with Gasteiger partial charge in [0.25, 0.3) is 0 Å². The summed E-state index contributed by atoms with van der Waals surface area (Å²) < 4.78 is 5.58. The van der Waals surface area contributed by atoms with Gasteiger partial charge < -0.3 is 8.46 Å². The predicted molar refractivity (Wildman–Crippen MR) is 154 cm³/mol. The van der Waals surface area contributed by atoms with E-state index in [-0.39, 0.29) is 0 Å². The third-order valence-corrected chi connectivity index (χ3v) is 19.9. The van der Waals surface area contributed by atoms with Crippen molar-refractivity contribution in [1.29, 1.82) is 0 Å². The standard InChI is InChI=1S/C25H46N2Si4/c1-28(2,3)26(29(4,5)6)24-17-13-22(14-18-24)21-23-15-19-25(20-16-23)27(30(7,8)9)31(10,11)12/h13-20H,21H2,1-12H3. The Morgan fingerprint density at radius 3 is 0.839 bits per heavy atom. The number of anilines is 2. The number of rotatable bonds is 8. The summed E-state index contributed by atoms with van der Waals surface area (Å²) in [6.07, 6.45) is 1.00. The van der Waals surface area contributed by atoms with Gasteiger partial charge in [-0.25, -0.2) is 0 Å². The summed E-state index contributed by atoms with van der Waals surface area (Å²) in [5, 5.41) is 0. The van der Waals surface area contributed by atoms with E-state index in [2.05, 4.69) is 136 Å². The zero-order chi connectivity index (χ0) is 23.8. The zero-order valence-electron chi connectivity index (χ0n) is 22.2. The van der Waals surface area contributed by atoms with Crippen LogP contribution >= 0.6 is 0 Å². The second-order valence-corrected chi connectivity index (χ2v) is 32.9. The Labute approximate surface area is 197 Å². The molecule has 31 heavy (non-hydrogen) atoms. The fourth-order valence-electron chi connectivity index (χ4n) is 5.32. The highest BCUT2D eigenvalue weighted by atomic mass is 28.4. The molecule has 2 aromatic rings. The molecule has 0 heterocycles. The Balaban J connectivity index is 2.23. The smallest absolute Gasteiger partial charge is 0.138 e. The summed E-state index contributed by atoms with van der Waals surface area (Å²) in [5.74, 6) is 0. The fourth-order valence-corrected chi connectivity index (χ4v) is 25.1. The Morgan fingerprint density at radius 1 is 0.419 bits per heavy atom. The van der Waals surface area contributed by atoms with Crippen molar-refractivity contribution in [1.82, 2.24) is 0 Å². The van der Waals surface area contributed by atoms with Crippen molar-refractivity contribution in [2.75, 3.05) is 8.46 Å². The molecule has 0 spiro atoms. The molecule has 2 aromatic carbocycles. The number of hydrogen-bond acceptors (Lipinski definition) is 2. The van der Waals surface area contributed by atoms with Crippen LogP contribution in [0.5, 0.6) is 0 Å². The van der Waals surface area contributed by atoms with Crippen LogP contribution in [-0.2, 0) is 6.42 Å². The highest BCUT2D eigenvalue weighted by molar-refractivity contribution is 6.99. The molecular formula is C25H46N2Si4. The molecule has 0 fully saturated rings. The van der Waals surface area contributed by atoms with Crippen LogP contribution in [0.1, 0.15) is 11.1 Å². The number of benzene rings is 2. The molecular weight excluding hydrogens is 441 g/mol. The van der Waals surface area contributed by atoms with Gasteiger partial charge in [-0.2, -0.15) is 0 Å². The Bertz CT molecular complexity index is 748. The molecule has 0 saturated heterocycles. The van der Waals surface area contributed by atoms with Crippen molar-refractivity contribution >= 4 is 44.3 Å².